The van der Waals surface area contributed by atoms with Crippen LogP contribution in [-0.2, 0) is 12.4 Å². The lowest BCUT2D eigenvalue weighted by Gasteiger charge is -2.14. The van der Waals surface area contributed by atoms with Crippen LogP contribution in [0, 0.1) is 5.82 Å². The second-order valence-electron chi connectivity index (χ2n) is 6.45. The zero-order chi connectivity index (χ0) is 21.7. The van der Waals surface area contributed by atoms with Gasteiger partial charge in [-0.2, -0.15) is 26.3 Å². The van der Waals surface area contributed by atoms with Gasteiger partial charge in [0.05, 0.1) is 11.1 Å². The number of hydrogen-bond donors (Lipinski definition) is 0. The molecule has 154 valence electrons. The number of rotatable bonds is 2. The van der Waals surface area contributed by atoms with Gasteiger partial charge in [-0.05, 0) is 23.8 Å². The molecule has 0 amide bonds. The Morgan fingerprint density at radius 1 is 0.633 bits per heavy atom. The van der Waals surface area contributed by atoms with Gasteiger partial charge < -0.3 is 9.31 Å². The summed E-state index contributed by atoms with van der Waals surface area (Å²) in [5.41, 5.74) is -3.28. The Balaban J connectivity index is 1.76. The molecule has 3 aromatic carbocycles. The third-order valence-electron chi connectivity index (χ3n) is 4.56. The van der Waals surface area contributed by atoms with Crippen molar-refractivity contribution in [2.24, 2.45) is 0 Å². The second-order valence-corrected chi connectivity index (χ2v) is 6.45. The molecule has 0 saturated heterocycles. The molecular weight excluding hydrogens is 416 g/mol. The summed E-state index contributed by atoms with van der Waals surface area (Å²) < 4.78 is 105. The van der Waals surface area contributed by atoms with E-state index in [0.717, 1.165) is 36.4 Å². The zero-order valence-electron chi connectivity index (χ0n) is 14.8. The predicted molar refractivity (Wildman–Crippen MR) is 94.9 cm³/mol. The molecule has 10 heteroatoms. The Kier molecular flexibility index (Phi) is 4.67. The molecule has 0 atom stereocenters. The highest BCUT2D eigenvalue weighted by atomic mass is 19.4. The Morgan fingerprint density at radius 3 is 1.90 bits per heavy atom. The number of halogens is 7. The normalized spacial score (nSPS) is 13.6. The topological polar surface area (TPSA) is 18.5 Å². The first-order valence-corrected chi connectivity index (χ1v) is 8.56. The lowest BCUT2D eigenvalue weighted by molar-refractivity contribution is -0.137. The van der Waals surface area contributed by atoms with E-state index < -0.39 is 53.3 Å². The van der Waals surface area contributed by atoms with Crippen molar-refractivity contribution in [3.63, 3.8) is 0 Å². The van der Waals surface area contributed by atoms with Crippen LogP contribution in [0.3, 0.4) is 0 Å². The van der Waals surface area contributed by atoms with Gasteiger partial charge in [-0.25, -0.2) is 4.39 Å². The van der Waals surface area contributed by atoms with Crippen molar-refractivity contribution < 1.29 is 40.0 Å². The fourth-order valence-corrected chi connectivity index (χ4v) is 3.25. The number of hydrogen-bond acceptors (Lipinski definition) is 2. The first-order valence-electron chi connectivity index (χ1n) is 8.56. The van der Waals surface area contributed by atoms with Gasteiger partial charge in [-0.15, -0.1) is 0 Å². The van der Waals surface area contributed by atoms with Crippen molar-refractivity contribution >= 4 is 12.6 Å². The fourth-order valence-electron chi connectivity index (χ4n) is 3.25. The maximum atomic E-state index is 15.1. The van der Waals surface area contributed by atoms with E-state index in [1.165, 1.54) is 24.3 Å². The fraction of sp³-hybridized carbons (Fsp3) is 0.100. The lowest BCUT2D eigenvalue weighted by Crippen LogP contribution is -2.43. The van der Waals surface area contributed by atoms with Crippen molar-refractivity contribution in [2.45, 2.75) is 12.4 Å². The lowest BCUT2D eigenvalue weighted by atomic mass is 9.76. The van der Waals surface area contributed by atoms with Gasteiger partial charge in [0.25, 0.3) is 0 Å². The van der Waals surface area contributed by atoms with Crippen LogP contribution in [0.1, 0.15) is 11.1 Å². The van der Waals surface area contributed by atoms with E-state index in [1.807, 2.05) is 0 Å². The van der Waals surface area contributed by atoms with Crippen molar-refractivity contribution in [2.75, 3.05) is 0 Å². The minimum absolute atomic E-state index is 0.206. The predicted octanol–water partition coefficient (Wildman–Crippen LogP) is 5.70. The molecule has 30 heavy (non-hydrogen) atoms. The van der Waals surface area contributed by atoms with E-state index >= 15 is 4.39 Å². The number of fused-ring (bicyclic) bond motifs is 1. The molecule has 0 spiro atoms. The summed E-state index contributed by atoms with van der Waals surface area (Å²) in [7, 11) is -1.60. The van der Waals surface area contributed by atoms with E-state index in [2.05, 4.69) is 0 Å². The standard InChI is InChI=1S/C20H10BF7O2/c22-17-12(11-5-1-2-6-13(11)19(23,24)25)9-10-16-18(17)30-21(29-16)15-8-4-3-7-14(15)20(26,27)28/h1-10H. The first kappa shape index (κ1) is 20.1. The Hall–Kier alpha value is -3.17. The van der Waals surface area contributed by atoms with Gasteiger partial charge in [0, 0.05) is 11.0 Å². The summed E-state index contributed by atoms with van der Waals surface area (Å²) in [5.74, 6) is -1.91. The highest BCUT2D eigenvalue weighted by Gasteiger charge is 2.44. The van der Waals surface area contributed by atoms with E-state index in [1.54, 1.807) is 0 Å². The molecule has 4 rings (SSSR count). The van der Waals surface area contributed by atoms with Gasteiger partial charge in [0.1, 0.15) is 5.75 Å². The molecule has 0 bridgehead atoms. The molecule has 0 aromatic heterocycles. The quantitative estimate of drug-likeness (QED) is 0.387. The van der Waals surface area contributed by atoms with Crippen LogP contribution in [-0.4, -0.2) is 7.12 Å². The minimum Gasteiger partial charge on any atom is -0.519 e. The molecule has 0 fully saturated rings. The molecule has 0 saturated carbocycles. The average molecular weight is 426 g/mol. The summed E-state index contributed by atoms with van der Waals surface area (Å²) >= 11 is 0. The molecule has 1 heterocycles. The van der Waals surface area contributed by atoms with Gasteiger partial charge >= 0.3 is 19.5 Å². The molecule has 0 unspecified atom stereocenters. The Morgan fingerprint density at radius 2 is 1.23 bits per heavy atom. The molecule has 0 aliphatic carbocycles. The third kappa shape index (κ3) is 3.46. The van der Waals surface area contributed by atoms with Crippen LogP contribution < -0.4 is 14.8 Å². The van der Waals surface area contributed by atoms with Crippen LogP contribution >= 0.6 is 0 Å². The molecule has 1 aliphatic rings. The maximum Gasteiger partial charge on any atom is 0.633 e. The average Bonchev–Trinajstić information content (AvgIpc) is 3.12. The summed E-state index contributed by atoms with van der Waals surface area (Å²) in [6.45, 7) is 0. The largest absolute Gasteiger partial charge is 0.633 e. The van der Waals surface area contributed by atoms with E-state index in [9.17, 15) is 26.3 Å². The van der Waals surface area contributed by atoms with Crippen LogP contribution in [0.2, 0.25) is 0 Å². The molecule has 1 aliphatic heterocycles. The van der Waals surface area contributed by atoms with Gasteiger partial charge in [-0.1, -0.05) is 42.5 Å². The Bertz CT molecular complexity index is 1110. The van der Waals surface area contributed by atoms with E-state index in [4.69, 9.17) is 9.31 Å². The number of alkyl halides is 6. The highest BCUT2D eigenvalue weighted by Crippen LogP contribution is 2.44. The highest BCUT2D eigenvalue weighted by molar-refractivity contribution is 6.64. The van der Waals surface area contributed by atoms with Gasteiger partial charge in [0.15, 0.2) is 11.6 Å². The monoisotopic (exact) mass is 426 g/mol. The third-order valence-corrected chi connectivity index (χ3v) is 4.56. The minimum atomic E-state index is -4.73. The number of benzene rings is 3. The maximum absolute atomic E-state index is 15.1. The smallest absolute Gasteiger partial charge is 0.519 e. The first-order chi connectivity index (χ1) is 14.1. The summed E-state index contributed by atoms with van der Waals surface area (Å²) in [6, 6.07) is 11.1. The zero-order valence-corrected chi connectivity index (χ0v) is 14.8. The summed E-state index contributed by atoms with van der Waals surface area (Å²) in [4.78, 5) is 0. The van der Waals surface area contributed by atoms with Gasteiger partial charge in [0.2, 0.25) is 0 Å². The summed E-state index contributed by atoms with van der Waals surface area (Å²) in [5, 5.41) is 0. The Labute approximate surface area is 166 Å². The molecular formula is C20H10BF7O2. The molecule has 2 nitrogen and oxygen atoms in total. The SMILES string of the molecule is Fc1c(-c2ccccc2C(F)(F)F)ccc2c1OB(c1ccccc1C(F)(F)F)O2. The molecule has 3 aromatic rings. The van der Waals surface area contributed by atoms with Crippen LogP contribution in [0.25, 0.3) is 11.1 Å². The van der Waals surface area contributed by atoms with Crippen LogP contribution in [0.4, 0.5) is 30.7 Å². The van der Waals surface area contributed by atoms with Crippen molar-refractivity contribution in [3.8, 4) is 22.6 Å². The van der Waals surface area contributed by atoms with Crippen LogP contribution in [0.15, 0.2) is 60.7 Å². The van der Waals surface area contributed by atoms with Gasteiger partial charge in [-0.3, -0.25) is 0 Å². The van der Waals surface area contributed by atoms with Crippen LogP contribution in [0.5, 0.6) is 11.5 Å². The summed E-state index contributed by atoms with van der Waals surface area (Å²) in [6.07, 6.45) is -9.43. The van der Waals surface area contributed by atoms with Crippen molar-refractivity contribution in [1.82, 2.24) is 0 Å². The van der Waals surface area contributed by atoms with Crippen molar-refractivity contribution in [1.29, 1.82) is 0 Å². The van der Waals surface area contributed by atoms with Crippen molar-refractivity contribution in [3.05, 3.63) is 77.6 Å². The van der Waals surface area contributed by atoms with E-state index in [-0.39, 0.29) is 11.2 Å². The molecule has 0 radical (unpaired) electrons. The second kappa shape index (κ2) is 6.96. The van der Waals surface area contributed by atoms with E-state index in [0.29, 0.717) is 0 Å². The molecule has 0 N–H and O–H groups in total.